The van der Waals surface area contributed by atoms with Crippen molar-refractivity contribution in [2.75, 3.05) is 12.3 Å². The number of amidine groups is 1. The fourth-order valence-corrected chi connectivity index (χ4v) is 3.09. The van der Waals surface area contributed by atoms with Crippen LogP contribution in [0.1, 0.15) is 12.5 Å². The summed E-state index contributed by atoms with van der Waals surface area (Å²) in [5, 5.41) is 3.51. The maximum atomic E-state index is 11.9. The largest absolute Gasteiger partial charge is 0.304 e. The van der Waals surface area contributed by atoms with Crippen LogP contribution in [0.2, 0.25) is 0 Å². The van der Waals surface area contributed by atoms with Crippen LogP contribution in [0.5, 0.6) is 0 Å². The van der Waals surface area contributed by atoms with Crippen LogP contribution in [0.15, 0.2) is 34.2 Å². The van der Waals surface area contributed by atoms with E-state index in [2.05, 4.69) is 29.4 Å². The highest BCUT2D eigenvalue weighted by molar-refractivity contribution is 8.14. The molecule has 18 heavy (non-hydrogen) atoms. The highest BCUT2D eigenvalue weighted by Gasteiger charge is 2.17. The molecule has 2 rings (SSSR count). The van der Waals surface area contributed by atoms with Crippen molar-refractivity contribution in [3.05, 3.63) is 29.8 Å². The molecule has 0 aliphatic carbocycles. The Morgan fingerprint density at radius 3 is 2.78 bits per heavy atom. The minimum Gasteiger partial charge on any atom is -0.304 e. The summed E-state index contributed by atoms with van der Waals surface area (Å²) in [7, 11) is 0. The fraction of sp³-hybridized carbons (Fsp3) is 0.385. The van der Waals surface area contributed by atoms with Crippen molar-refractivity contribution >= 4 is 34.6 Å². The zero-order chi connectivity index (χ0) is 13.0. The monoisotopic (exact) mass is 280 g/mol. The topological polar surface area (TPSA) is 41.5 Å². The summed E-state index contributed by atoms with van der Waals surface area (Å²) in [4.78, 5) is 17.3. The van der Waals surface area contributed by atoms with Gasteiger partial charge in [-0.1, -0.05) is 29.5 Å². The number of aliphatic imine (C=N–C) groups is 1. The highest BCUT2D eigenvalue weighted by Crippen LogP contribution is 2.23. The van der Waals surface area contributed by atoms with Gasteiger partial charge in [-0.15, -0.1) is 11.8 Å². The number of carbonyl (C=O) groups is 1. The molecule has 0 bridgehead atoms. The van der Waals surface area contributed by atoms with E-state index in [4.69, 9.17) is 0 Å². The first-order valence-corrected chi connectivity index (χ1v) is 7.73. The molecule has 1 atom stereocenters. The van der Waals surface area contributed by atoms with Crippen molar-refractivity contribution in [3.8, 4) is 0 Å². The van der Waals surface area contributed by atoms with E-state index in [1.165, 1.54) is 5.56 Å². The first-order valence-electron chi connectivity index (χ1n) is 5.86. The number of nitrogens with zero attached hydrogens (tertiary/aromatic N) is 1. The smallest absolute Gasteiger partial charge is 0.239 e. The van der Waals surface area contributed by atoms with Crippen molar-refractivity contribution in [2.24, 2.45) is 4.99 Å². The number of hydrogen-bond acceptors (Lipinski definition) is 4. The summed E-state index contributed by atoms with van der Waals surface area (Å²) in [6, 6.07) is 8.21. The van der Waals surface area contributed by atoms with Crippen LogP contribution in [0, 0.1) is 6.92 Å². The molecule has 0 unspecified atom stereocenters. The van der Waals surface area contributed by atoms with E-state index in [0.717, 1.165) is 22.4 Å². The number of amides is 1. The number of carbonyl (C=O) groups excluding carboxylic acids is 1. The highest BCUT2D eigenvalue weighted by atomic mass is 32.2. The molecule has 0 saturated heterocycles. The predicted molar refractivity (Wildman–Crippen MR) is 79.4 cm³/mol. The third kappa shape index (κ3) is 3.78. The van der Waals surface area contributed by atoms with Crippen LogP contribution in [0.25, 0.3) is 0 Å². The van der Waals surface area contributed by atoms with Gasteiger partial charge in [0.05, 0.1) is 11.8 Å². The molecule has 3 nitrogen and oxygen atoms in total. The molecule has 1 amide bonds. The lowest BCUT2D eigenvalue weighted by Gasteiger charge is -2.11. The lowest BCUT2D eigenvalue weighted by Crippen LogP contribution is -2.33. The van der Waals surface area contributed by atoms with Crippen LogP contribution in [-0.2, 0) is 4.79 Å². The Labute approximate surface area is 116 Å². The second-order valence-corrected chi connectivity index (χ2v) is 6.60. The van der Waals surface area contributed by atoms with Gasteiger partial charge in [0.15, 0.2) is 5.17 Å². The summed E-state index contributed by atoms with van der Waals surface area (Å²) < 4.78 is 0. The lowest BCUT2D eigenvalue weighted by atomic mass is 10.2. The van der Waals surface area contributed by atoms with Gasteiger partial charge in [0, 0.05) is 10.6 Å². The molecule has 0 radical (unpaired) electrons. The molecule has 1 aromatic carbocycles. The summed E-state index contributed by atoms with van der Waals surface area (Å²) in [5.41, 5.74) is 1.23. The average Bonchev–Trinajstić information content (AvgIpc) is 2.85. The minimum atomic E-state index is -0.114. The molecular formula is C13H16N2OS2. The second kappa shape index (κ2) is 6.29. The zero-order valence-electron chi connectivity index (χ0n) is 10.5. The molecule has 0 fully saturated rings. The van der Waals surface area contributed by atoms with Crippen LogP contribution in [-0.4, -0.2) is 28.6 Å². The Balaban J connectivity index is 1.88. The molecule has 0 spiro atoms. The molecule has 1 aliphatic rings. The summed E-state index contributed by atoms with van der Waals surface area (Å²) in [6.07, 6.45) is 0. The first kappa shape index (κ1) is 13.5. The number of aryl methyl sites for hydroxylation is 1. The fourth-order valence-electron chi connectivity index (χ4n) is 1.49. The van der Waals surface area contributed by atoms with Gasteiger partial charge in [0.2, 0.25) is 5.91 Å². The van der Waals surface area contributed by atoms with Crippen molar-refractivity contribution in [3.63, 3.8) is 0 Å². The maximum absolute atomic E-state index is 11.9. The van der Waals surface area contributed by atoms with Crippen LogP contribution < -0.4 is 5.32 Å². The van der Waals surface area contributed by atoms with E-state index in [-0.39, 0.29) is 11.2 Å². The van der Waals surface area contributed by atoms with Crippen LogP contribution in [0.4, 0.5) is 0 Å². The van der Waals surface area contributed by atoms with Crippen molar-refractivity contribution < 1.29 is 4.79 Å². The van der Waals surface area contributed by atoms with E-state index in [9.17, 15) is 4.79 Å². The molecule has 1 aliphatic heterocycles. The normalized spacial score (nSPS) is 16.2. The van der Waals surface area contributed by atoms with Gasteiger partial charge in [-0.2, -0.15) is 0 Å². The number of thioether (sulfide) groups is 2. The number of benzene rings is 1. The van der Waals surface area contributed by atoms with Gasteiger partial charge in [-0.25, -0.2) is 0 Å². The Hall–Kier alpha value is -0.940. The van der Waals surface area contributed by atoms with Gasteiger partial charge >= 0.3 is 0 Å². The van der Waals surface area contributed by atoms with Crippen LogP contribution in [0.3, 0.4) is 0 Å². The first-order chi connectivity index (χ1) is 8.65. The summed E-state index contributed by atoms with van der Waals surface area (Å²) in [6.45, 7) is 4.78. The third-order valence-corrected chi connectivity index (χ3v) is 4.52. The lowest BCUT2D eigenvalue weighted by molar-refractivity contribution is -0.118. The average molecular weight is 280 g/mol. The molecule has 1 heterocycles. The Kier molecular flexibility index (Phi) is 4.72. The number of nitrogens with one attached hydrogen (secondary N) is 1. The quantitative estimate of drug-likeness (QED) is 0.866. The van der Waals surface area contributed by atoms with Gasteiger partial charge in [0.25, 0.3) is 0 Å². The summed E-state index contributed by atoms with van der Waals surface area (Å²) >= 11 is 3.17. The van der Waals surface area contributed by atoms with Crippen molar-refractivity contribution in [2.45, 2.75) is 24.0 Å². The SMILES string of the molecule is Cc1ccc(S[C@@H](C)C(=O)NC2=NCCS2)cc1. The Morgan fingerprint density at radius 1 is 1.44 bits per heavy atom. The molecule has 1 aromatic rings. The molecule has 96 valence electrons. The van der Waals surface area contributed by atoms with E-state index in [1.54, 1.807) is 23.5 Å². The Bertz CT molecular complexity index is 457. The van der Waals surface area contributed by atoms with Gasteiger partial charge in [-0.05, 0) is 26.0 Å². The molecule has 1 N–H and O–H groups in total. The third-order valence-electron chi connectivity index (χ3n) is 2.52. The predicted octanol–water partition coefficient (Wildman–Crippen LogP) is 2.69. The maximum Gasteiger partial charge on any atom is 0.239 e. The van der Waals surface area contributed by atoms with E-state index in [0.29, 0.717) is 0 Å². The molecule has 0 saturated carbocycles. The second-order valence-electron chi connectivity index (χ2n) is 4.10. The molecule has 0 aromatic heterocycles. The van der Waals surface area contributed by atoms with Crippen LogP contribution >= 0.6 is 23.5 Å². The number of hydrogen-bond donors (Lipinski definition) is 1. The van der Waals surface area contributed by atoms with Crippen molar-refractivity contribution in [1.82, 2.24) is 5.32 Å². The van der Waals surface area contributed by atoms with E-state index in [1.807, 2.05) is 19.1 Å². The molecule has 5 heteroatoms. The zero-order valence-corrected chi connectivity index (χ0v) is 12.1. The van der Waals surface area contributed by atoms with Crippen molar-refractivity contribution in [1.29, 1.82) is 0 Å². The van der Waals surface area contributed by atoms with E-state index < -0.39 is 0 Å². The number of rotatable bonds is 3. The van der Waals surface area contributed by atoms with Gasteiger partial charge in [0.1, 0.15) is 0 Å². The minimum absolute atomic E-state index is 0.0220. The standard InChI is InChI=1S/C13H16N2OS2/c1-9-3-5-11(6-4-9)18-10(2)12(16)15-13-14-7-8-17-13/h3-6,10H,7-8H2,1-2H3,(H,14,15,16)/t10-/m0/s1. The van der Waals surface area contributed by atoms with E-state index >= 15 is 0 Å². The summed E-state index contributed by atoms with van der Waals surface area (Å²) in [5.74, 6) is 0.989. The van der Waals surface area contributed by atoms with Gasteiger partial charge in [-0.3, -0.25) is 9.79 Å². The Morgan fingerprint density at radius 2 is 2.17 bits per heavy atom. The van der Waals surface area contributed by atoms with Gasteiger partial charge < -0.3 is 5.32 Å². The molecular weight excluding hydrogens is 264 g/mol.